The Morgan fingerprint density at radius 1 is 1.13 bits per heavy atom. The summed E-state index contributed by atoms with van der Waals surface area (Å²) in [7, 11) is 0. The summed E-state index contributed by atoms with van der Waals surface area (Å²) in [6.45, 7) is 5.08. The van der Waals surface area contributed by atoms with Crippen LogP contribution in [0, 0.1) is 13.8 Å². The molecular formula is C18H19NO4. The summed E-state index contributed by atoms with van der Waals surface area (Å²) in [5.74, 6) is -1.31. The minimum Gasteiger partial charge on any atom is -0.507 e. The molecule has 0 aliphatic rings. The molecule has 0 saturated heterocycles. The first-order valence-corrected chi connectivity index (χ1v) is 7.25. The predicted molar refractivity (Wildman–Crippen MR) is 87.5 cm³/mol. The van der Waals surface area contributed by atoms with E-state index in [0.29, 0.717) is 11.3 Å². The minimum atomic E-state index is -0.983. The third-order valence-corrected chi connectivity index (χ3v) is 3.40. The van der Waals surface area contributed by atoms with Crippen LogP contribution >= 0.6 is 0 Å². The van der Waals surface area contributed by atoms with E-state index in [1.807, 2.05) is 25.1 Å². The topological polar surface area (TPSA) is 75.6 Å². The molecule has 0 aromatic heterocycles. The zero-order valence-electron chi connectivity index (χ0n) is 13.3. The molecule has 0 spiro atoms. The van der Waals surface area contributed by atoms with Gasteiger partial charge < -0.3 is 15.2 Å². The van der Waals surface area contributed by atoms with Gasteiger partial charge in [-0.05, 0) is 50.1 Å². The molecule has 0 heterocycles. The monoisotopic (exact) mass is 313 g/mol. The number of esters is 1. The number of aromatic hydroxyl groups is 1. The number of para-hydroxylation sites is 1. The highest BCUT2D eigenvalue weighted by Crippen LogP contribution is 2.22. The van der Waals surface area contributed by atoms with Gasteiger partial charge in [-0.2, -0.15) is 0 Å². The van der Waals surface area contributed by atoms with Crippen LogP contribution in [-0.2, 0) is 9.53 Å². The van der Waals surface area contributed by atoms with E-state index in [0.717, 1.165) is 5.56 Å². The number of hydrogen-bond donors (Lipinski definition) is 2. The fourth-order valence-electron chi connectivity index (χ4n) is 2.07. The summed E-state index contributed by atoms with van der Waals surface area (Å²) in [4.78, 5) is 24.2. The Bertz CT molecular complexity index is 740. The van der Waals surface area contributed by atoms with Gasteiger partial charge in [0.05, 0.1) is 0 Å². The van der Waals surface area contributed by atoms with Gasteiger partial charge in [-0.25, -0.2) is 4.79 Å². The van der Waals surface area contributed by atoms with Gasteiger partial charge in [0.2, 0.25) is 0 Å². The van der Waals surface area contributed by atoms with Crippen molar-refractivity contribution in [2.75, 3.05) is 5.32 Å². The number of phenolic OH excluding ortho intramolecular Hbond substituents is 1. The van der Waals surface area contributed by atoms with Gasteiger partial charge in [0.25, 0.3) is 5.91 Å². The highest BCUT2D eigenvalue weighted by atomic mass is 16.5. The fourth-order valence-corrected chi connectivity index (χ4v) is 2.07. The first kappa shape index (κ1) is 16.5. The maximum absolute atomic E-state index is 12.1. The average Bonchev–Trinajstić information content (AvgIpc) is 2.49. The van der Waals surface area contributed by atoms with Gasteiger partial charge in [0, 0.05) is 5.69 Å². The van der Waals surface area contributed by atoms with E-state index in [-0.39, 0.29) is 11.3 Å². The first-order valence-electron chi connectivity index (χ1n) is 7.25. The first-order chi connectivity index (χ1) is 10.9. The SMILES string of the molecule is Cc1cccc(NC(=O)[C@H](C)OC(=O)c2cccc(C)c2O)c1. The van der Waals surface area contributed by atoms with Gasteiger partial charge in [-0.3, -0.25) is 4.79 Å². The molecular weight excluding hydrogens is 294 g/mol. The van der Waals surface area contributed by atoms with E-state index in [1.165, 1.54) is 13.0 Å². The Morgan fingerprint density at radius 3 is 2.52 bits per heavy atom. The molecule has 120 valence electrons. The minimum absolute atomic E-state index is 0.0419. The molecule has 0 aliphatic carbocycles. The number of phenols is 1. The molecule has 0 radical (unpaired) electrons. The number of hydrogen-bond acceptors (Lipinski definition) is 4. The Labute approximate surface area is 134 Å². The second-order valence-corrected chi connectivity index (χ2v) is 5.38. The summed E-state index contributed by atoms with van der Waals surface area (Å²) < 4.78 is 5.13. The van der Waals surface area contributed by atoms with E-state index in [4.69, 9.17) is 4.74 Å². The van der Waals surface area contributed by atoms with E-state index in [1.54, 1.807) is 25.1 Å². The van der Waals surface area contributed by atoms with Crippen molar-refractivity contribution in [3.8, 4) is 5.75 Å². The molecule has 0 saturated carbocycles. The van der Waals surface area contributed by atoms with Crippen molar-refractivity contribution in [1.29, 1.82) is 0 Å². The van der Waals surface area contributed by atoms with Crippen LogP contribution in [0.1, 0.15) is 28.4 Å². The third kappa shape index (κ3) is 4.10. The van der Waals surface area contributed by atoms with Crippen LogP contribution in [0.25, 0.3) is 0 Å². The Hall–Kier alpha value is -2.82. The Kier molecular flexibility index (Phi) is 5.01. The maximum atomic E-state index is 12.1. The number of benzene rings is 2. The predicted octanol–water partition coefficient (Wildman–Crippen LogP) is 3.19. The maximum Gasteiger partial charge on any atom is 0.342 e. The van der Waals surface area contributed by atoms with E-state index in [9.17, 15) is 14.7 Å². The molecule has 5 heteroatoms. The smallest absolute Gasteiger partial charge is 0.342 e. The van der Waals surface area contributed by atoms with Crippen LogP contribution in [0.4, 0.5) is 5.69 Å². The largest absolute Gasteiger partial charge is 0.507 e. The summed E-state index contributed by atoms with van der Waals surface area (Å²) in [5.41, 5.74) is 2.25. The summed E-state index contributed by atoms with van der Waals surface area (Å²) in [6.07, 6.45) is -0.983. The molecule has 0 bridgehead atoms. The van der Waals surface area contributed by atoms with Crippen LogP contribution < -0.4 is 5.32 Å². The van der Waals surface area contributed by atoms with Gasteiger partial charge >= 0.3 is 5.97 Å². The standard InChI is InChI=1S/C18H19NO4/c1-11-6-4-8-14(10-11)19-17(21)13(3)23-18(22)15-9-5-7-12(2)16(15)20/h4-10,13,20H,1-3H3,(H,19,21)/t13-/m0/s1. The van der Waals surface area contributed by atoms with Crippen molar-refractivity contribution < 1.29 is 19.4 Å². The van der Waals surface area contributed by atoms with Crippen molar-refractivity contribution in [1.82, 2.24) is 0 Å². The number of carbonyl (C=O) groups excluding carboxylic acids is 2. The average molecular weight is 313 g/mol. The summed E-state index contributed by atoms with van der Waals surface area (Å²) in [6, 6.07) is 12.1. The lowest BCUT2D eigenvalue weighted by atomic mass is 10.1. The van der Waals surface area contributed by atoms with Crippen LogP contribution in [0.5, 0.6) is 5.75 Å². The molecule has 2 aromatic rings. The van der Waals surface area contributed by atoms with Crippen molar-refractivity contribution in [2.45, 2.75) is 26.9 Å². The second kappa shape index (κ2) is 6.96. The second-order valence-electron chi connectivity index (χ2n) is 5.38. The number of rotatable bonds is 4. The van der Waals surface area contributed by atoms with Crippen molar-refractivity contribution >= 4 is 17.6 Å². The van der Waals surface area contributed by atoms with E-state index >= 15 is 0 Å². The molecule has 2 rings (SSSR count). The molecule has 2 aromatic carbocycles. The van der Waals surface area contributed by atoms with Crippen LogP contribution in [0.3, 0.4) is 0 Å². The third-order valence-electron chi connectivity index (χ3n) is 3.40. The highest BCUT2D eigenvalue weighted by Gasteiger charge is 2.21. The van der Waals surface area contributed by atoms with Crippen molar-refractivity contribution in [2.24, 2.45) is 0 Å². The lowest BCUT2D eigenvalue weighted by Crippen LogP contribution is -2.30. The zero-order valence-corrected chi connectivity index (χ0v) is 13.3. The van der Waals surface area contributed by atoms with Crippen molar-refractivity contribution in [3.05, 3.63) is 59.2 Å². The number of aryl methyl sites for hydroxylation is 2. The molecule has 1 atom stereocenters. The molecule has 23 heavy (non-hydrogen) atoms. The van der Waals surface area contributed by atoms with E-state index < -0.39 is 18.0 Å². The quantitative estimate of drug-likeness (QED) is 0.850. The van der Waals surface area contributed by atoms with Crippen molar-refractivity contribution in [3.63, 3.8) is 0 Å². The van der Waals surface area contributed by atoms with Crippen LogP contribution in [0.2, 0.25) is 0 Å². The normalized spacial score (nSPS) is 11.6. The van der Waals surface area contributed by atoms with Gasteiger partial charge in [-0.15, -0.1) is 0 Å². The van der Waals surface area contributed by atoms with Crippen LogP contribution in [0.15, 0.2) is 42.5 Å². The lowest BCUT2D eigenvalue weighted by Gasteiger charge is -2.14. The van der Waals surface area contributed by atoms with Gasteiger partial charge in [0.15, 0.2) is 6.10 Å². The molecule has 0 aliphatic heterocycles. The number of nitrogens with one attached hydrogen (secondary N) is 1. The summed E-state index contributed by atoms with van der Waals surface area (Å²) in [5, 5.41) is 12.6. The number of amides is 1. The Balaban J connectivity index is 2.03. The Morgan fingerprint density at radius 2 is 1.83 bits per heavy atom. The van der Waals surface area contributed by atoms with Crippen LogP contribution in [-0.4, -0.2) is 23.1 Å². The zero-order chi connectivity index (χ0) is 17.0. The van der Waals surface area contributed by atoms with Gasteiger partial charge in [0.1, 0.15) is 11.3 Å². The highest BCUT2D eigenvalue weighted by molar-refractivity contribution is 5.98. The molecule has 2 N–H and O–H groups in total. The van der Waals surface area contributed by atoms with Gasteiger partial charge in [-0.1, -0.05) is 24.3 Å². The number of carbonyl (C=O) groups is 2. The van der Waals surface area contributed by atoms with E-state index in [2.05, 4.69) is 5.32 Å². The fraction of sp³-hybridized carbons (Fsp3) is 0.222. The molecule has 5 nitrogen and oxygen atoms in total. The molecule has 0 fully saturated rings. The number of ether oxygens (including phenoxy) is 1. The summed E-state index contributed by atoms with van der Waals surface area (Å²) >= 11 is 0. The molecule has 1 amide bonds. The molecule has 0 unspecified atom stereocenters. The number of anilines is 1. The lowest BCUT2D eigenvalue weighted by molar-refractivity contribution is -0.123.